The molecule has 3 aromatic carbocycles. The van der Waals surface area contributed by atoms with Crippen molar-refractivity contribution < 1.29 is 19.4 Å². The van der Waals surface area contributed by atoms with Gasteiger partial charge >= 0.3 is 5.97 Å². The zero-order valence-corrected chi connectivity index (χ0v) is 20.1. The summed E-state index contributed by atoms with van der Waals surface area (Å²) in [7, 11) is 1.60. The maximum absolute atomic E-state index is 11.3. The second kappa shape index (κ2) is 8.68. The number of aromatic carboxylic acids is 1. The molecule has 1 N–H and O–H groups in total. The van der Waals surface area contributed by atoms with E-state index in [2.05, 4.69) is 52.0 Å². The van der Waals surface area contributed by atoms with Gasteiger partial charge in [0.05, 0.1) is 5.56 Å². The molecule has 33 heavy (non-hydrogen) atoms. The third-order valence-corrected chi connectivity index (χ3v) is 6.94. The average molecular weight is 445 g/mol. The van der Waals surface area contributed by atoms with Gasteiger partial charge in [0.2, 0.25) is 0 Å². The number of carboxylic acid groups (broad SMARTS) is 1. The van der Waals surface area contributed by atoms with Crippen molar-refractivity contribution in [2.45, 2.75) is 51.4 Å². The number of benzene rings is 3. The van der Waals surface area contributed by atoms with Crippen molar-refractivity contribution in [3.63, 3.8) is 0 Å². The highest BCUT2D eigenvalue weighted by Crippen LogP contribution is 2.48. The Hall–Kier alpha value is -3.11. The molecular formula is C29H32O4. The lowest BCUT2D eigenvalue weighted by Gasteiger charge is -2.42. The van der Waals surface area contributed by atoms with E-state index in [1.165, 1.54) is 17.5 Å². The van der Waals surface area contributed by atoms with Crippen LogP contribution in [0.25, 0.3) is 22.3 Å². The summed E-state index contributed by atoms with van der Waals surface area (Å²) in [5.74, 6) is -0.207. The zero-order chi connectivity index (χ0) is 23.8. The molecule has 0 heterocycles. The topological polar surface area (TPSA) is 55.8 Å². The number of fused-ring (bicyclic) bond motifs is 1. The quantitative estimate of drug-likeness (QED) is 0.414. The molecule has 0 aliphatic heterocycles. The molecule has 0 unspecified atom stereocenters. The summed E-state index contributed by atoms with van der Waals surface area (Å²) in [5, 5.41) is 9.24. The van der Waals surface area contributed by atoms with Gasteiger partial charge in [0.1, 0.15) is 5.75 Å². The van der Waals surface area contributed by atoms with Gasteiger partial charge in [0, 0.05) is 18.2 Å². The minimum Gasteiger partial charge on any atom is -0.478 e. The molecule has 0 bridgehead atoms. The Morgan fingerprint density at radius 3 is 2.03 bits per heavy atom. The lowest BCUT2D eigenvalue weighted by molar-refractivity contribution is 0.0519. The molecule has 1 aliphatic carbocycles. The van der Waals surface area contributed by atoms with Crippen LogP contribution >= 0.6 is 0 Å². The minimum atomic E-state index is -0.939. The van der Waals surface area contributed by atoms with E-state index >= 15 is 0 Å². The van der Waals surface area contributed by atoms with Crippen LogP contribution in [-0.4, -0.2) is 25.0 Å². The summed E-state index contributed by atoms with van der Waals surface area (Å²) in [5.41, 5.74) is 7.24. The second-order valence-electron chi connectivity index (χ2n) is 10.1. The Morgan fingerprint density at radius 2 is 1.42 bits per heavy atom. The van der Waals surface area contributed by atoms with E-state index in [-0.39, 0.29) is 23.2 Å². The third-order valence-electron chi connectivity index (χ3n) is 6.94. The van der Waals surface area contributed by atoms with E-state index in [4.69, 9.17) is 9.47 Å². The van der Waals surface area contributed by atoms with Gasteiger partial charge in [-0.05, 0) is 58.1 Å². The molecule has 0 aromatic heterocycles. The van der Waals surface area contributed by atoms with Crippen molar-refractivity contribution in [2.24, 2.45) is 0 Å². The largest absolute Gasteiger partial charge is 0.478 e. The van der Waals surface area contributed by atoms with Crippen LogP contribution in [0.5, 0.6) is 5.75 Å². The molecule has 1 aliphatic rings. The minimum absolute atomic E-state index is 0.110. The van der Waals surface area contributed by atoms with E-state index in [1.54, 1.807) is 19.2 Å². The molecule has 0 saturated carbocycles. The molecule has 0 spiro atoms. The summed E-state index contributed by atoms with van der Waals surface area (Å²) < 4.78 is 11.3. The van der Waals surface area contributed by atoms with Crippen LogP contribution in [0.15, 0.2) is 60.7 Å². The normalized spacial score (nSPS) is 16.2. The Morgan fingerprint density at radius 1 is 0.848 bits per heavy atom. The SMILES string of the molecule is COCOc1c(-c2ccc(C(=O)O)cc2)cccc1-c1ccc2c(c1)C(C)(C)CCC2(C)C. The van der Waals surface area contributed by atoms with Crippen molar-refractivity contribution in [3.8, 4) is 28.0 Å². The van der Waals surface area contributed by atoms with Crippen molar-refractivity contribution in [1.82, 2.24) is 0 Å². The molecule has 4 heteroatoms. The van der Waals surface area contributed by atoms with E-state index in [1.807, 2.05) is 24.3 Å². The van der Waals surface area contributed by atoms with E-state index in [9.17, 15) is 9.90 Å². The van der Waals surface area contributed by atoms with Crippen molar-refractivity contribution in [2.75, 3.05) is 13.9 Å². The van der Waals surface area contributed by atoms with Gasteiger partial charge in [-0.15, -0.1) is 0 Å². The molecule has 172 valence electrons. The fourth-order valence-electron chi connectivity index (χ4n) is 4.81. The number of carboxylic acids is 1. The molecule has 4 nitrogen and oxygen atoms in total. The van der Waals surface area contributed by atoms with Crippen LogP contribution in [0.4, 0.5) is 0 Å². The zero-order valence-electron chi connectivity index (χ0n) is 20.1. The Labute approximate surface area is 196 Å². The highest BCUT2D eigenvalue weighted by molar-refractivity contribution is 5.89. The highest BCUT2D eigenvalue weighted by atomic mass is 16.7. The Balaban J connectivity index is 1.86. The maximum atomic E-state index is 11.3. The van der Waals surface area contributed by atoms with Gasteiger partial charge in [-0.2, -0.15) is 0 Å². The van der Waals surface area contributed by atoms with Gasteiger partial charge < -0.3 is 14.6 Å². The molecule has 3 aromatic rings. The first kappa shape index (κ1) is 23.1. The van der Waals surface area contributed by atoms with Crippen molar-refractivity contribution >= 4 is 5.97 Å². The predicted molar refractivity (Wildman–Crippen MR) is 132 cm³/mol. The standard InChI is InChI=1S/C29H32O4/c1-28(2)15-16-29(3,4)25-17-21(13-14-24(25)28)23-8-6-7-22(26(23)33-18-32-5)19-9-11-20(12-10-19)27(30)31/h6-14,17H,15-16,18H2,1-5H3,(H,30,31). The Bertz CT molecular complexity index is 1170. The molecular weight excluding hydrogens is 412 g/mol. The van der Waals surface area contributed by atoms with Gasteiger partial charge in [-0.3, -0.25) is 0 Å². The summed E-state index contributed by atoms with van der Waals surface area (Å²) in [4.78, 5) is 11.3. The van der Waals surface area contributed by atoms with Crippen LogP contribution in [-0.2, 0) is 15.6 Å². The number of ether oxygens (including phenoxy) is 2. The summed E-state index contributed by atoms with van der Waals surface area (Å²) in [6.07, 6.45) is 2.33. The monoisotopic (exact) mass is 444 g/mol. The summed E-state index contributed by atoms with van der Waals surface area (Å²) in [6.45, 7) is 9.44. The first-order valence-corrected chi connectivity index (χ1v) is 11.4. The molecule has 0 amide bonds. The Kier molecular flexibility index (Phi) is 6.06. The number of para-hydroxylation sites is 1. The number of hydrogen-bond acceptors (Lipinski definition) is 3. The third kappa shape index (κ3) is 4.40. The number of carbonyl (C=O) groups is 1. The molecule has 0 radical (unpaired) electrons. The van der Waals surface area contributed by atoms with Crippen LogP contribution in [0.3, 0.4) is 0 Å². The van der Waals surface area contributed by atoms with Gasteiger partial charge in [-0.1, -0.05) is 76.2 Å². The fraction of sp³-hybridized carbons (Fsp3) is 0.345. The molecule has 0 atom stereocenters. The molecule has 0 saturated heterocycles. The van der Waals surface area contributed by atoms with Crippen molar-refractivity contribution in [1.29, 1.82) is 0 Å². The van der Waals surface area contributed by atoms with Crippen LogP contribution in [0, 0.1) is 0 Å². The molecule has 4 rings (SSSR count). The first-order valence-electron chi connectivity index (χ1n) is 11.4. The van der Waals surface area contributed by atoms with E-state index < -0.39 is 5.97 Å². The lowest BCUT2D eigenvalue weighted by atomic mass is 9.63. The van der Waals surface area contributed by atoms with Crippen LogP contribution < -0.4 is 4.74 Å². The fourth-order valence-corrected chi connectivity index (χ4v) is 4.81. The summed E-state index contributed by atoms with van der Waals surface area (Å²) in [6, 6.07) is 19.8. The first-order chi connectivity index (χ1) is 15.6. The smallest absolute Gasteiger partial charge is 0.335 e. The summed E-state index contributed by atoms with van der Waals surface area (Å²) >= 11 is 0. The van der Waals surface area contributed by atoms with Gasteiger partial charge in [-0.25, -0.2) is 4.79 Å². The second-order valence-corrected chi connectivity index (χ2v) is 10.1. The number of methoxy groups -OCH3 is 1. The lowest BCUT2D eigenvalue weighted by Crippen LogP contribution is -2.33. The highest BCUT2D eigenvalue weighted by Gasteiger charge is 2.37. The van der Waals surface area contributed by atoms with Crippen molar-refractivity contribution in [3.05, 3.63) is 77.4 Å². The number of rotatable bonds is 6. The van der Waals surface area contributed by atoms with E-state index in [0.717, 1.165) is 34.4 Å². The average Bonchev–Trinajstić information content (AvgIpc) is 2.80. The maximum Gasteiger partial charge on any atom is 0.335 e. The molecule has 0 fully saturated rings. The van der Waals surface area contributed by atoms with Gasteiger partial charge in [0.15, 0.2) is 6.79 Å². The van der Waals surface area contributed by atoms with Gasteiger partial charge in [0.25, 0.3) is 0 Å². The van der Waals surface area contributed by atoms with E-state index in [0.29, 0.717) is 0 Å². The predicted octanol–water partition coefficient (Wildman–Crippen LogP) is 7.05. The van der Waals surface area contributed by atoms with Crippen LogP contribution in [0.2, 0.25) is 0 Å². The van der Waals surface area contributed by atoms with Crippen LogP contribution in [0.1, 0.15) is 62.0 Å². The number of hydrogen-bond donors (Lipinski definition) is 1.